The van der Waals surface area contributed by atoms with E-state index in [9.17, 15) is 4.79 Å². The van der Waals surface area contributed by atoms with Gasteiger partial charge in [-0.25, -0.2) is 4.98 Å². The number of carbonyl (C=O) groups is 1. The van der Waals surface area contributed by atoms with E-state index in [0.29, 0.717) is 16.3 Å². The lowest BCUT2D eigenvalue weighted by Gasteiger charge is -2.01. The molecule has 1 aromatic heterocycles. The molecule has 76 valence electrons. The lowest BCUT2D eigenvalue weighted by atomic mass is 10.1. The number of nitrogens with one attached hydrogen (secondary N) is 1. The van der Waals surface area contributed by atoms with Crippen LogP contribution in [0.1, 0.15) is 16.2 Å². The van der Waals surface area contributed by atoms with Crippen molar-refractivity contribution in [3.05, 3.63) is 47.0 Å². The van der Waals surface area contributed by atoms with Gasteiger partial charge in [-0.3, -0.25) is 4.79 Å². The van der Waals surface area contributed by atoms with E-state index in [1.54, 1.807) is 18.3 Å². The number of imidazole rings is 1. The number of nitrogens with two attached hydrogens (primary N) is 1. The van der Waals surface area contributed by atoms with Gasteiger partial charge in [-0.05, 0) is 18.2 Å². The average Bonchev–Trinajstić information content (AvgIpc) is 2.69. The van der Waals surface area contributed by atoms with Crippen LogP contribution in [0.25, 0.3) is 0 Å². The Morgan fingerprint density at radius 2 is 2.27 bits per heavy atom. The summed E-state index contributed by atoms with van der Waals surface area (Å²) in [7, 11) is 0. The van der Waals surface area contributed by atoms with Crippen LogP contribution < -0.4 is 5.73 Å². The predicted octanol–water partition coefficient (Wildman–Crippen LogP) is 1.88. The van der Waals surface area contributed by atoms with E-state index in [-0.39, 0.29) is 11.6 Å². The molecule has 1 heterocycles. The van der Waals surface area contributed by atoms with Crippen molar-refractivity contribution >= 4 is 23.1 Å². The molecule has 1 aromatic carbocycles. The van der Waals surface area contributed by atoms with E-state index in [1.807, 2.05) is 0 Å². The number of hydrogen-bond donors (Lipinski definition) is 2. The third kappa shape index (κ3) is 1.85. The maximum atomic E-state index is 11.8. The largest absolute Gasteiger partial charge is 0.399 e. The first kappa shape index (κ1) is 9.73. The first-order valence-electron chi connectivity index (χ1n) is 4.27. The second kappa shape index (κ2) is 3.74. The van der Waals surface area contributed by atoms with Crippen molar-refractivity contribution < 1.29 is 4.79 Å². The van der Waals surface area contributed by atoms with Crippen LogP contribution in [0.2, 0.25) is 5.02 Å². The van der Waals surface area contributed by atoms with Crippen LogP contribution in [0.4, 0.5) is 5.69 Å². The van der Waals surface area contributed by atoms with Crippen LogP contribution in [-0.4, -0.2) is 15.8 Å². The highest BCUT2D eigenvalue weighted by Crippen LogP contribution is 2.20. The van der Waals surface area contributed by atoms with Gasteiger partial charge in [0.15, 0.2) is 5.82 Å². The number of H-pyrrole nitrogens is 1. The maximum absolute atomic E-state index is 11.8. The molecule has 3 N–H and O–H groups in total. The molecule has 0 aliphatic rings. The van der Waals surface area contributed by atoms with Crippen molar-refractivity contribution in [3.8, 4) is 0 Å². The number of ketones is 1. The fraction of sp³-hybridized carbons (Fsp3) is 0. The van der Waals surface area contributed by atoms with E-state index in [1.165, 1.54) is 12.3 Å². The molecule has 15 heavy (non-hydrogen) atoms. The zero-order chi connectivity index (χ0) is 10.8. The number of aromatic amines is 1. The summed E-state index contributed by atoms with van der Waals surface area (Å²) in [5.74, 6) is 0.0201. The minimum atomic E-state index is -0.245. The normalized spacial score (nSPS) is 10.2. The Labute approximate surface area is 91.1 Å². The summed E-state index contributed by atoms with van der Waals surface area (Å²) in [6.45, 7) is 0. The standard InChI is InChI=1S/C10H8ClN3O/c11-8-5-6(12)1-2-7(8)9(15)10-13-3-4-14-10/h1-5H,12H2,(H,13,14). The highest BCUT2D eigenvalue weighted by molar-refractivity contribution is 6.35. The van der Waals surface area contributed by atoms with Gasteiger partial charge in [0, 0.05) is 23.6 Å². The molecule has 2 aromatic rings. The third-order valence-corrected chi connectivity index (χ3v) is 2.26. The van der Waals surface area contributed by atoms with E-state index in [0.717, 1.165) is 0 Å². The van der Waals surface area contributed by atoms with Gasteiger partial charge in [-0.2, -0.15) is 0 Å². The Morgan fingerprint density at radius 3 is 2.87 bits per heavy atom. The number of hydrogen-bond acceptors (Lipinski definition) is 3. The first-order valence-corrected chi connectivity index (χ1v) is 4.65. The van der Waals surface area contributed by atoms with E-state index >= 15 is 0 Å². The second-order valence-electron chi connectivity index (χ2n) is 3.01. The number of carbonyl (C=O) groups excluding carboxylic acids is 1. The summed E-state index contributed by atoms with van der Waals surface area (Å²) in [4.78, 5) is 18.4. The highest BCUT2D eigenvalue weighted by Gasteiger charge is 2.14. The monoisotopic (exact) mass is 221 g/mol. The van der Waals surface area contributed by atoms with Gasteiger partial charge in [0.25, 0.3) is 0 Å². The Bertz CT molecular complexity index is 493. The summed E-state index contributed by atoms with van der Waals surface area (Å²) >= 11 is 5.90. The van der Waals surface area contributed by atoms with Gasteiger partial charge in [0.1, 0.15) is 0 Å². The Hall–Kier alpha value is -1.81. The summed E-state index contributed by atoms with van der Waals surface area (Å²) in [5.41, 5.74) is 6.44. The van der Waals surface area contributed by atoms with Crippen molar-refractivity contribution in [3.63, 3.8) is 0 Å². The fourth-order valence-electron chi connectivity index (χ4n) is 1.23. The molecule has 0 aliphatic carbocycles. The number of benzene rings is 1. The Kier molecular flexibility index (Phi) is 2.43. The molecular formula is C10H8ClN3O. The lowest BCUT2D eigenvalue weighted by Crippen LogP contribution is -2.04. The smallest absolute Gasteiger partial charge is 0.229 e. The van der Waals surface area contributed by atoms with Gasteiger partial charge < -0.3 is 10.7 Å². The number of anilines is 1. The number of aromatic nitrogens is 2. The van der Waals surface area contributed by atoms with Crippen LogP contribution in [0.3, 0.4) is 0 Å². The van der Waals surface area contributed by atoms with Crippen molar-refractivity contribution in [1.29, 1.82) is 0 Å². The van der Waals surface area contributed by atoms with Crippen LogP contribution >= 0.6 is 11.6 Å². The topological polar surface area (TPSA) is 71.8 Å². The first-order chi connectivity index (χ1) is 7.18. The van der Waals surface area contributed by atoms with Gasteiger partial charge in [0.2, 0.25) is 5.78 Å². The molecular weight excluding hydrogens is 214 g/mol. The van der Waals surface area contributed by atoms with Crippen LogP contribution in [0, 0.1) is 0 Å². The van der Waals surface area contributed by atoms with Gasteiger partial charge in [-0.15, -0.1) is 0 Å². The molecule has 0 unspecified atom stereocenters. The van der Waals surface area contributed by atoms with E-state index < -0.39 is 0 Å². The van der Waals surface area contributed by atoms with Gasteiger partial charge >= 0.3 is 0 Å². The Balaban J connectivity index is 2.42. The molecule has 0 atom stereocenters. The van der Waals surface area contributed by atoms with Gasteiger partial charge in [-0.1, -0.05) is 11.6 Å². The predicted molar refractivity (Wildman–Crippen MR) is 57.9 cm³/mol. The quantitative estimate of drug-likeness (QED) is 0.601. The van der Waals surface area contributed by atoms with Crippen molar-refractivity contribution in [2.75, 3.05) is 5.73 Å². The van der Waals surface area contributed by atoms with Crippen molar-refractivity contribution in [2.24, 2.45) is 0 Å². The molecule has 2 rings (SSSR count). The summed E-state index contributed by atoms with van der Waals surface area (Å²) in [6.07, 6.45) is 3.09. The van der Waals surface area contributed by atoms with Crippen LogP contribution in [-0.2, 0) is 0 Å². The minimum absolute atomic E-state index is 0.245. The molecule has 0 saturated carbocycles. The fourth-order valence-corrected chi connectivity index (χ4v) is 1.51. The van der Waals surface area contributed by atoms with Crippen molar-refractivity contribution in [1.82, 2.24) is 9.97 Å². The third-order valence-electron chi connectivity index (χ3n) is 1.95. The van der Waals surface area contributed by atoms with Crippen molar-refractivity contribution in [2.45, 2.75) is 0 Å². The molecule has 0 fully saturated rings. The number of rotatable bonds is 2. The second-order valence-corrected chi connectivity index (χ2v) is 3.41. The van der Waals surface area contributed by atoms with E-state index in [4.69, 9.17) is 17.3 Å². The zero-order valence-corrected chi connectivity index (χ0v) is 8.45. The van der Waals surface area contributed by atoms with Gasteiger partial charge in [0.05, 0.1) is 5.02 Å². The molecule has 5 heteroatoms. The molecule has 0 bridgehead atoms. The maximum Gasteiger partial charge on any atom is 0.229 e. The average molecular weight is 222 g/mol. The molecule has 0 amide bonds. The van der Waals surface area contributed by atoms with Crippen LogP contribution in [0.5, 0.6) is 0 Å². The molecule has 0 saturated heterocycles. The van der Waals surface area contributed by atoms with E-state index in [2.05, 4.69) is 9.97 Å². The molecule has 0 spiro atoms. The molecule has 4 nitrogen and oxygen atoms in total. The highest BCUT2D eigenvalue weighted by atomic mass is 35.5. The minimum Gasteiger partial charge on any atom is -0.399 e. The number of nitrogen functional groups attached to an aromatic ring is 1. The Morgan fingerprint density at radius 1 is 1.47 bits per heavy atom. The number of nitrogens with zero attached hydrogens (tertiary/aromatic N) is 1. The zero-order valence-electron chi connectivity index (χ0n) is 7.70. The summed E-state index contributed by atoms with van der Waals surface area (Å²) in [5, 5.41) is 0.330. The van der Waals surface area contributed by atoms with Crippen LogP contribution in [0.15, 0.2) is 30.6 Å². The summed E-state index contributed by atoms with van der Waals surface area (Å²) in [6, 6.07) is 4.75. The lowest BCUT2D eigenvalue weighted by molar-refractivity contribution is 0.103. The molecule has 0 radical (unpaired) electrons. The number of halogens is 1. The SMILES string of the molecule is Nc1ccc(C(=O)c2ncc[nH]2)c(Cl)c1. The summed E-state index contributed by atoms with van der Waals surface area (Å²) < 4.78 is 0. The molecule has 0 aliphatic heterocycles.